The van der Waals surface area contributed by atoms with Crippen LogP contribution in [0.5, 0.6) is 0 Å². The minimum atomic E-state index is -0.506. The molecular formula is C25H27NO4. The van der Waals surface area contributed by atoms with E-state index in [0.717, 1.165) is 57.3 Å². The molecule has 0 saturated heterocycles. The summed E-state index contributed by atoms with van der Waals surface area (Å²) in [7, 11) is 0. The Kier molecular flexibility index (Phi) is 6.29. The number of aliphatic hydroxyl groups is 1. The molecule has 0 saturated carbocycles. The van der Waals surface area contributed by atoms with Crippen LogP contribution in [0.3, 0.4) is 0 Å². The molecule has 5 heteroatoms. The molecule has 5 nitrogen and oxygen atoms in total. The van der Waals surface area contributed by atoms with Gasteiger partial charge in [-0.15, -0.1) is 0 Å². The van der Waals surface area contributed by atoms with Gasteiger partial charge in [0, 0.05) is 54.0 Å². The van der Waals surface area contributed by atoms with Crippen LogP contribution >= 0.6 is 0 Å². The Hall–Kier alpha value is -2.92. The SMILES string of the molecule is O=C(c1ccccc1)c1cc(=O)oc2cc3c(cc12)CCCN3CCCCCCO. The van der Waals surface area contributed by atoms with E-state index in [9.17, 15) is 9.59 Å². The first kappa shape index (κ1) is 20.4. The Bertz CT molecular complexity index is 1090. The molecule has 0 unspecified atom stereocenters. The van der Waals surface area contributed by atoms with Crippen LogP contribution in [0.15, 0.2) is 57.7 Å². The zero-order valence-electron chi connectivity index (χ0n) is 17.1. The van der Waals surface area contributed by atoms with E-state index < -0.39 is 5.63 Å². The van der Waals surface area contributed by atoms with Crippen molar-refractivity contribution < 1.29 is 14.3 Å². The van der Waals surface area contributed by atoms with Gasteiger partial charge in [-0.1, -0.05) is 43.2 Å². The summed E-state index contributed by atoms with van der Waals surface area (Å²) in [5.74, 6) is -0.162. The summed E-state index contributed by atoms with van der Waals surface area (Å²) in [6.07, 6.45) is 6.05. The van der Waals surface area contributed by atoms with Gasteiger partial charge in [0.05, 0.1) is 0 Å². The van der Waals surface area contributed by atoms with Gasteiger partial charge in [-0.3, -0.25) is 4.79 Å². The quantitative estimate of drug-likeness (QED) is 0.343. The van der Waals surface area contributed by atoms with Crippen LogP contribution in [-0.4, -0.2) is 30.6 Å². The van der Waals surface area contributed by atoms with Gasteiger partial charge >= 0.3 is 5.63 Å². The fraction of sp³-hybridized carbons (Fsp3) is 0.360. The van der Waals surface area contributed by atoms with Crippen molar-refractivity contribution >= 4 is 22.4 Å². The van der Waals surface area contributed by atoms with Crippen molar-refractivity contribution in [3.05, 3.63) is 75.6 Å². The molecule has 1 aliphatic heterocycles. The first-order valence-corrected chi connectivity index (χ1v) is 10.7. The predicted octanol–water partition coefficient (Wildman–Crippen LogP) is 4.33. The first-order chi connectivity index (χ1) is 14.7. The zero-order valence-corrected chi connectivity index (χ0v) is 17.1. The van der Waals surface area contributed by atoms with Gasteiger partial charge in [0.1, 0.15) is 5.58 Å². The largest absolute Gasteiger partial charge is 0.423 e. The standard InChI is InChI=1S/C25H27NO4/c27-14-7-2-1-6-12-26-13-8-11-19-15-20-21(25(29)18-9-4-3-5-10-18)16-24(28)30-23(20)17-22(19)26/h3-5,9-10,15-17,27H,1-2,6-8,11-14H2. The van der Waals surface area contributed by atoms with E-state index in [0.29, 0.717) is 22.1 Å². The van der Waals surface area contributed by atoms with Gasteiger partial charge in [-0.25, -0.2) is 4.79 Å². The third kappa shape index (κ3) is 4.31. The second kappa shape index (κ2) is 9.26. The Balaban J connectivity index is 1.68. The summed E-state index contributed by atoms with van der Waals surface area (Å²) in [5.41, 5.74) is 3.22. The number of ketones is 1. The number of carbonyl (C=O) groups excluding carboxylic acids is 1. The summed E-state index contributed by atoms with van der Waals surface area (Å²) >= 11 is 0. The number of benzene rings is 2. The van der Waals surface area contributed by atoms with Crippen LogP contribution in [0.25, 0.3) is 11.0 Å². The Morgan fingerprint density at radius 2 is 1.83 bits per heavy atom. The second-order valence-electron chi connectivity index (χ2n) is 7.88. The number of unbranched alkanes of at least 4 members (excludes halogenated alkanes) is 3. The number of aryl methyl sites for hydroxylation is 1. The van der Waals surface area contributed by atoms with Gasteiger partial charge in [0.25, 0.3) is 0 Å². The average Bonchev–Trinajstić information content (AvgIpc) is 2.77. The number of hydrogen-bond acceptors (Lipinski definition) is 5. The third-order valence-electron chi connectivity index (χ3n) is 5.78. The highest BCUT2D eigenvalue weighted by molar-refractivity contribution is 6.16. The molecular weight excluding hydrogens is 378 g/mol. The number of carbonyl (C=O) groups is 1. The number of fused-ring (bicyclic) bond motifs is 2. The molecule has 1 aromatic heterocycles. The van der Waals surface area contributed by atoms with Crippen LogP contribution < -0.4 is 10.5 Å². The number of anilines is 1. The van der Waals surface area contributed by atoms with Crippen LogP contribution in [0.2, 0.25) is 0 Å². The van der Waals surface area contributed by atoms with E-state index in [1.165, 1.54) is 11.6 Å². The maximum atomic E-state index is 13.1. The van der Waals surface area contributed by atoms with Crippen molar-refractivity contribution in [1.29, 1.82) is 0 Å². The third-order valence-corrected chi connectivity index (χ3v) is 5.78. The fourth-order valence-corrected chi connectivity index (χ4v) is 4.25. The van der Waals surface area contributed by atoms with E-state index in [1.54, 1.807) is 12.1 Å². The van der Waals surface area contributed by atoms with Gasteiger partial charge in [0.2, 0.25) is 0 Å². The lowest BCUT2D eigenvalue weighted by Gasteiger charge is -2.31. The summed E-state index contributed by atoms with van der Waals surface area (Å²) < 4.78 is 5.50. The van der Waals surface area contributed by atoms with Gasteiger partial charge < -0.3 is 14.4 Å². The molecule has 0 aliphatic carbocycles. The lowest BCUT2D eigenvalue weighted by atomic mass is 9.95. The number of hydrogen-bond donors (Lipinski definition) is 1. The Morgan fingerprint density at radius 1 is 1.03 bits per heavy atom. The molecule has 2 heterocycles. The van der Waals surface area contributed by atoms with E-state index in [-0.39, 0.29) is 12.4 Å². The monoisotopic (exact) mass is 405 g/mol. The summed E-state index contributed by atoms with van der Waals surface area (Å²) in [6, 6.07) is 14.3. The number of nitrogens with zero attached hydrogens (tertiary/aromatic N) is 1. The second-order valence-corrected chi connectivity index (χ2v) is 7.88. The summed E-state index contributed by atoms with van der Waals surface area (Å²) in [6.45, 7) is 2.17. The highest BCUT2D eigenvalue weighted by Crippen LogP contribution is 2.33. The van der Waals surface area contributed by atoms with Gasteiger partial charge in [-0.05, 0) is 37.3 Å². The van der Waals surface area contributed by atoms with E-state index in [4.69, 9.17) is 9.52 Å². The molecule has 0 radical (unpaired) electrons. The molecule has 4 rings (SSSR count). The van der Waals surface area contributed by atoms with E-state index in [2.05, 4.69) is 4.90 Å². The van der Waals surface area contributed by atoms with Crippen molar-refractivity contribution in [3.8, 4) is 0 Å². The normalized spacial score (nSPS) is 13.4. The lowest BCUT2D eigenvalue weighted by molar-refractivity contribution is 0.103. The molecule has 0 fully saturated rings. The van der Waals surface area contributed by atoms with Crippen LogP contribution in [0.1, 0.15) is 53.6 Å². The molecule has 2 aromatic carbocycles. The molecule has 3 aromatic rings. The highest BCUT2D eigenvalue weighted by Gasteiger charge is 2.21. The highest BCUT2D eigenvalue weighted by atomic mass is 16.4. The smallest absolute Gasteiger partial charge is 0.336 e. The lowest BCUT2D eigenvalue weighted by Crippen LogP contribution is -2.30. The summed E-state index contributed by atoms with van der Waals surface area (Å²) in [5, 5.41) is 9.63. The van der Waals surface area contributed by atoms with E-state index in [1.807, 2.05) is 30.3 Å². The molecule has 0 amide bonds. The minimum Gasteiger partial charge on any atom is -0.423 e. The van der Waals surface area contributed by atoms with Crippen molar-refractivity contribution in [2.45, 2.75) is 38.5 Å². The molecule has 1 N–H and O–H groups in total. The topological polar surface area (TPSA) is 70.8 Å². The molecule has 0 spiro atoms. The minimum absolute atomic E-state index is 0.162. The molecule has 156 valence electrons. The molecule has 1 aliphatic rings. The first-order valence-electron chi connectivity index (χ1n) is 10.7. The van der Waals surface area contributed by atoms with Crippen LogP contribution in [-0.2, 0) is 6.42 Å². The predicted molar refractivity (Wildman–Crippen MR) is 118 cm³/mol. The fourth-order valence-electron chi connectivity index (χ4n) is 4.25. The average molecular weight is 405 g/mol. The van der Waals surface area contributed by atoms with Crippen LogP contribution in [0.4, 0.5) is 5.69 Å². The maximum absolute atomic E-state index is 13.1. The van der Waals surface area contributed by atoms with Crippen molar-refractivity contribution in [1.82, 2.24) is 0 Å². The van der Waals surface area contributed by atoms with Crippen molar-refractivity contribution in [2.24, 2.45) is 0 Å². The van der Waals surface area contributed by atoms with E-state index >= 15 is 0 Å². The maximum Gasteiger partial charge on any atom is 0.336 e. The molecule has 30 heavy (non-hydrogen) atoms. The number of rotatable bonds is 8. The Labute approximate surface area is 175 Å². The zero-order chi connectivity index (χ0) is 20.9. The van der Waals surface area contributed by atoms with Gasteiger partial charge in [-0.2, -0.15) is 0 Å². The van der Waals surface area contributed by atoms with Crippen molar-refractivity contribution in [2.75, 3.05) is 24.6 Å². The number of aliphatic hydroxyl groups excluding tert-OH is 1. The van der Waals surface area contributed by atoms with Crippen LogP contribution in [0, 0.1) is 0 Å². The molecule has 0 atom stereocenters. The van der Waals surface area contributed by atoms with Gasteiger partial charge in [0.15, 0.2) is 5.78 Å². The molecule has 0 bridgehead atoms. The Morgan fingerprint density at radius 3 is 2.63 bits per heavy atom. The summed E-state index contributed by atoms with van der Waals surface area (Å²) in [4.78, 5) is 27.6. The van der Waals surface area contributed by atoms with Crippen molar-refractivity contribution in [3.63, 3.8) is 0 Å².